The molecule has 0 unspecified atom stereocenters. The Hall–Kier alpha value is -2.42. The summed E-state index contributed by atoms with van der Waals surface area (Å²) in [6, 6.07) is 12.0. The van der Waals surface area contributed by atoms with Crippen LogP contribution in [0.25, 0.3) is 11.3 Å². The molecule has 0 spiro atoms. The third-order valence-corrected chi connectivity index (χ3v) is 6.83. The quantitative estimate of drug-likeness (QED) is 0.727. The fourth-order valence-electron chi connectivity index (χ4n) is 2.63. The molecule has 0 amide bonds. The molecule has 0 saturated heterocycles. The summed E-state index contributed by atoms with van der Waals surface area (Å²) in [5.41, 5.74) is 3.31. The third kappa shape index (κ3) is 3.97. The minimum absolute atomic E-state index is 0.194. The zero-order chi connectivity index (χ0) is 19.8. The van der Waals surface area contributed by atoms with E-state index >= 15 is 0 Å². The van der Waals surface area contributed by atoms with E-state index in [0.717, 1.165) is 27.3 Å². The standard InChI is InChI=1S/C19H21N3O3S2/c1-13-9-14(11-17(10-13)27(24,25)21(2)3)18-12-26-19(22(18)4)20-15-5-7-16(23)8-6-15/h5-12,23H,1-4H3/b20-19+. The number of nitrogens with zero attached hydrogens (tertiary/aromatic N) is 3. The average molecular weight is 404 g/mol. The first-order valence-corrected chi connectivity index (χ1v) is 10.5. The number of thiazole rings is 1. The lowest BCUT2D eigenvalue weighted by molar-refractivity contribution is 0.475. The molecule has 0 aliphatic heterocycles. The van der Waals surface area contributed by atoms with Crippen LogP contribution in [0.4, 0.5) is 5.69 Å². The molecule has 0 bridgehead atoms. The summed E-state index contributed by atoms with van der Waals surface area (Å²) in [6.45, 7) is 1.88. The molecule has 3 rings (SSSR count). The van der Waals surface area contributed by atoms with Crippen molar-refractivity contribution in [2.24, 2.45) is 12.0 Å². The van der Waals surface area contributed by atoms with Gasteiger partial charge in [0.1, 0.15) is 5.75 Å². The molecule has 6 nitrogen and oxygen atoms in total. The van der Waals surface area contributed by atoms with Crippen LogP contribution in [-0.4, -0.2) is 36.5 Å². The second-order valence-corrected chi connectivity index (χ2v) is 9.40. The van der Waals surface area contributed by atoms with Gasteiger partial charge in [0.15, 0.2) is 4.80 Å². The molecule has 2 aromatic carbocycles. The first-order valence-electron chi connectivity index (χ1n) is 8.21. The van der Waals surface area contributed by atoms with Crippen LogP contribution in [0.15, 0.2) is 57.7 Å². The molecule has 8 heteroatoms. The lowest BCUT2D eigenvalue weighted by Gasteiger charge is -2.13. The van der Waals surface area contributed by atoms with E-state index in [4.69, 9.17) is 0 Å². The van der Waals surface area contributed by atoms with Gasteiger partial charge in [-0.1, -0.05) is 0 Å². The minimum Gasteiger partial charge on any atom is -0.508 e. The van der Waals surface area contributed by atoms with Gasteiger partial charge in [0.05, 0.1) is 16.3 Å². The molecule has 0 saturated carbocycles. The second-order valence-electron chi connectivity index (χ2n) is 6.41. The summed E-state index contributed by atoms with van der Waals surface area (Å²) in [6.07, 6.45) is 0. The topological polar surface area (TPSA) is 74.9 Å². The molecule has 142 valence electrons. The second kappa shape index (κ2) is 7.30. The van der Waals surface area contributed by atoms with Gasteiger partial charge < -0.3 is 9.67 Å². The molecule has 0 fully saturated rings. The Morgan fingerprint density at radius 3 is 2.41 bits per heavy atom. The highest BCUT2D eigenvalue weighted by Crippen LogP contribution is 2.26. The van der Waals surface area contributed by atoms with Crippen LogP contribution >= 0.6 is 11.3 Å². The van der Waals surface area contributed by atoms with E-state index in [1.54, 1.807) is 36.4 Å². The Bertz CT molecular complexity index is 1140. The summed E-state index contributed by atoms with van der Waals surface area (Å²) < 4.78 is 28.2. The van der Waals surface area contributed by atoms with Crippen molar-refractivity contribution in [1.82, 2.24) is 8.87 Å². The smallest absolute Gasteiger partial charge is 0.242 e. The van der Waals surface area contributed by atoms with E-state index < -0.39 is 10.0 Å². The average Bonchev–Trinajstić information content (AvgIpc) is 2.97. The van der Waals surface area contributed by atoms with E-state index in [9.17, 15) is 13.5 Å². The number of hydrogen-bond donors (Lipinski definition) is 1. The number of aromatic nitrogens is 1. The van der Waals surface area contributed by atoms with Gasteiger partial charge in [-0.15, -0.1) is 11.3 Å². The molecule has 0 radical (unpaired) electrons. The van der Waals surface area contributed by atoms with Gasteiger partial charge in [-0.05, 0) is 55.0 Å². The SMILES string of the molecule is Cc1cc(-c2cs/c(=N/c3ccc(O)cc3)n2C)cc(S(=O)(=O)N(C)C)c1. The van der Waals surface area contributed by atoms with Crippen LogP contribution in [-0.2, 0) is 17.1 Å². The van der Waals surface area contributed by atoms with Crippen molar-refractivity contribution < 1.29 is 13.5 Å². The molecule has 0 aliphatic rings. The van der Waals surface area contributed by atoms with Crippen LogP contribution in [0.5, 0.6) is 5.75 Å². The van der Waals surface area contributed by atoms with E-state index in [1.807, 2.05) is 30.0 Å². The summed E-state index contributed by atoms with van der Waals surface area (Å²) >= 11 is 1.47. The Morgan fingerprint density at radius 1 is 1.11 bits per heavy atom. The molecule has 1 heterocycles. The van der Waals surface area contributed by atoms with Gasteiger partial charge in [-0.25, -0.2) is 17.7 Å². The lowest BCUT2D eigenvalue weighted by atomic mass is 10.1. The van der Waals surface area contributed by atoms with Gasteiger partial charge in [0, 0.05) is 32.1 Å². The Morgan fingerprint density at radius 2 is 1.78 bits per heavy atom. The van der Waals surface area contributed by atoms with Crippen molar-refractivity contribution in [3.05, 3.63) is 58.2 Å². The van der Waals surface area contributed by atoms with Gasteiger partial charge in [-0.3, -0.25) is 0 Å². The van der Waals surface area contributed by atoms with Crippen LogP contribution in [0.3, 0.4) is 0 Å². The normalized spacial score (nSPS) is 12.7. The van der Waals surface area contributed by atoms with E-state index in [1.165, 1.54) is 29.7 Å². The van der Waals surface area contributed by atoms with Crippen LogP contribution < -0.4 is 4.80 Å². The van der Waals surface area contributed by atoms with Crippen molar-refractivity contribution in [3.63, 3.8) is 0 Å². The molecule has 1 aromatic heterocycles. The van der Waals surface area contributed by atoms with Crippen LogP contribution in [0, 0.1) is 6.92 Å². The van der Waals surface area contributed by atoms with E-state index in [0.29, 0.717) is 0 Å². The third-order valence-electron chi connectivity index (χ3n) is 4.12. The van der Waals surface area contributed by atoms with Crippen molar-refractivity contribution in [3.8, 4) is 17.0 Å². The summed E-state index contributed by atoms with van der Waals surface area (Å²) in [4.78, 5) is 5.64. The number of phenols is 1. The van der Waals surface area contributed by atoms with Crippen molar-refractivity contribution in [1.29, 1.82) is 0 Å². The highest BCUT2D eigenvalue weighted by Gasteiger charge is 2.19. The van der Waals surface area contributed by atoms with Gasteiger partial charge >= 0.3 is 0 Å². The maximum atomic E-state index is 12.5. The molecule has 3 aromatic rings. The fraction of sp³-hybridized carbons (Fsp3) is 0.211. The number of sulfonamides is 1. The number of phenolic OH excluding ortho intramolecular Hbond substituents is 1. The maximum Gasteiger partial charge on any atom is 0.242 e. The lowest BCUT2D eigenvalue weighted by Crippen LogP contribution is -2.22. The predicted molar refractivity (Wildman–Crippen MR) is 108 cm³/mol. The summed E-state index contributed by atoms with van der Waals surface area (Å²) in [5, 5.41) is 11.3. The zero-order valence-corrected chi connectivity index (χ0v) is 17.2. The number of benzene rings is 2. The fourth-order valence-corrected chi connectivity index (χ4v) is 4.58. The first-order chi connectivity index (χ1) is 12.7. The van der Waals surface area contributed by atoms with Gasteiger partial charge in [0.25, 0.3) is 0 Å². The molecule has 27 heavy (non-hydrogen) atoms. The highest BCUT2D eigenvalue weighted by molar-refractivity contribution is 7.89. The minimum atomic E-state index is -3.51. The van der Waals surface area contributed by atoms with Crippen LogP contribution in [0.1, 0.15) is 5.56 Å². The summed E-state index contributed by atoms with van der Waals surface area (Å²) in [7, 11) is 1.44. The molecule has 0 atom stereocenters. The number of rotatable bonds is 4. The molecular formula is C19H21N3O3S2. The molecule has 1 N–H and O–H groups in total. The van der Waals surface area contributed by atoms with Crippen molar-refractivity contribution >= 4 is 27.0 Å². The van der Waals surface area contributed by atoms with Crippen molar-refractivity contribution in [2.45, 2.75) is 11.8 Å². The van der Waals surface area contributed by atoms with Crippen molar-refractivity contribution in [2.75, 3.05) is 14.1 Å². The molecule has 0 aliphatic carbocycles. The number of aryl methyl sites for hydroxylation is 1. The molecular weight excluding hydrogens is 382 g/mol. The van der Waals surface area contributed by atoms with E-state index in [2.05, 4.69) is 4.99 Å². The first kappa shape index (κ1) is 19.3. The van der Waals surface area contributed by atoms with Gasteiger partial charge in [-0.2, -0.15) is 0 Å². The Balaban J connectivity index is 2.10. The Kier molecular flexibility index (Phi) is 5.23. The number of aromatic hydroxyl groups is 1. The zero-order valence-electron chi connectivity index (χ0n) is 15.5. The largest absolute Gasteiger partial charge is 0.508 e. The predicted octanol–water partition coefficient (Wildman–Crippen LogP) is 3.25. The number of hydrogen-bond acceptors (Lipinski definition) is 5. The van der Waals surface area contributed by atoms with Gasteiger partial charge in [0.2, 0.25) is 10.0 Å². The highest BCUT2D eigenvalue weighted by atomic mass is 32.2. The monoisotopic (exact) mass is 403 g/mol. The summed E-state index contributed by atoms with van der Waals surface area (Å²) in [5.74, 6) is 0.194. The van der Waals surface area contributed by atoms with Crippen LogP contribution in [0.2, 0.25) is 0 Å². The Labute approximate surface area is 162 Å². The van der Waals surface area contributed by atoms with E-state index in [-0.39, 0.29) is 10.6 Å². The maximum absolute atomic E-state index is 12.5.